The molecule has 0 radical (unpaired) electrons. The summed E-state index contributed by atoms with van der Waals surface area (Å²) in [5, 5.41) is 0. The summed E-state index contributed by atoms with van der Waals surface area (Å²) in [7, 11) is -3.70. The molecule has 0 aliphatic heterocycles. The third kappa shape index (κ3) is 3.06. The van der Waals surface area contributed by atoms with E-state index in [9.17, 15) is 13.2 Å². The van der Waals surface area contributed by atoms with Crippen LogP contribution in [0, 0.1) is 6.92 Å². The molecular weight excluding hydrogens is 314 g/mol. The molecule has 0 fully saturated rings. The Morgan fingerprint density at radius 2 is 1.87 bits per heavy atom. The fourth-order valence-corrected chi connectivity index (χ4v) is 3.89. The van der Waals surface area contributed by atoms with E-state index in [1.807, 2.05) is 32.9 Å². The normalized spacial score (nSPS) is 13.2. The number of nitrogen functional groups attached to an aromatic ring is 1. The molecule has 1 atom stereocenters. The summed E-state index contributed by atoms with van der Waals surface area (Å²) < 4.78 is 26.6. The van der Waals surface area contributed by atoms with Crippen LogP contribution in [0.25, 0.3) is 11.1 Å². The summed E-state index contributed by atoms with van der Waals surface area (Å²) in [5.74, 6) is -0.0326. The molecule has 0 bridgehead atoms. The second-order valence-electron chi connectivity index (χ2n) is 5.87. The molecule has 6 nitrogen and oxygen atoms in total. The zero-order valence-electron chi connectivity index (χ0n) is 13.9. The first-order valence-electron chi connectivity index (χ1n) is 7.59. The minimum absolute atomic E-state index is 0.0326. The lowest BCUT2D eigenvalue weighted by molar-refractivity contribution is 0.421. The van der Waals surface area contributed by atoms with Crippen molar-refractivity contribution in [2.45, 2.75) is 39.7 Å². The monoisotopic (exact) mass is 337 g/mol. The average Bonchev–Trinajstić information content (AvgIpc) is 2.71. The number of anilines is 1. The Bertz CT molecular complexity index is 878. The standard InChI is InChI=1S/C16H23N3O3S/c1-5-8-12(3)18-16(20)14(13-10-7-6-9-11(13)2)15(17)19(18)23(4,21)22/h6-7,9-10,12H,5,8,17H2,1-4H3. The Labute approximate surface area is 136 Å². The summed E-state index contributed by atoms with van der Waals surface area (Å²) in [6.45, 7) is 5.68. The third-order valence-electron chi connectivity index (χ3n) is 3.93. The zero-order chi connectivity index (χ0) is 17.4. The van der Waals surface area contributed by atoms with E-state index in [2.05, 4.69) is 0 Å². The lowest BCUT2D eigenvalue weighted by Gasteiger charge is -2.16. The average molecular weight is 337 g/mol. The number of hydrogen-bond acceptors (Lipinski definition) is 4. The molecule has 1 aromatic carbocycles. The van der Waals surface area contributed by atoms with Crippen molar-refractivity contribution in [3.8, 4) is 11.1 Å². The topological polar surface area (TPSA) is 87.1 Å². The molecule has 2 aromatic rings. The SMILES string of the molecule is CCCC(C)n1c(=O)c(-c2ccccc2C)c(N)n1S(C)(=O)=O. The molecular formula is C16H23N3O3S. The van der Waals surface area contributed by atoms with Gasteiger partial charge >= 0.3 is 0 Å². The number of benzene rings is 1. The van der Waals surface area contributed by atoms with Gasteiger partial charge in [-0.3, -0.25) is 4.79 Å². The smallest absolute Gasteiger partial charge is 0.277 e. The van der Waals surface area contributed by atoms with E-state index in [0.717, 1.165) is 22.3 Å². The first-order valence-corrected chi connectivity index (χ1v) is 9.44. The Morgan fingerprint density at radius 3 is 2.39 bits per heavy atom. The summed E-state index contributed by atoms with van der Waals surface area (Å²) in [6.07, 6.45) is 2.58. The highest BCUT2D eigenvalue weighted by molar-refractivity contribution is 7.89. The van der Waals surface area contributed by atoms with E-state index in [-0.39, 0.29) is 23.0 Å². The number of nitrogens with two attached hydrogens (primary N) is 1. The number of hydrogen-bond donors (Lipinski definition) is 1. The summed E-state index contributed by atoms with van der Waals surface area (Å²) >= 11 is 0. The van der Waals surface area contributed by atoms with Crippen molar-refractivity contribution in [3.05, 3.63) is 40.2 Å². The van der Waals surface area contributed by atoms with Crippen LogP contribution in [-0.4, -0.2) is 23.4 Å². The second kappa shape index (κ2) is 6.23. The van der Waals surface area contributed by atoms with E-state index in [0.29, 0.717) is 12.0 Å². The first-order chi connectivity index (χ1) is 10.7. The van der Waals surface area contributed by atoms with Gasteiger partial charge in [0, 0.05) is 0 Å². The molecule has 0 amide bonds. The van der Waals surface area contributed by atoms with Crippen molar-refractivity contribution in [1.29, 1.82) is 0 Å². The largest absolute Gasteiger partial charge is 0.382 e. The van der Waals surface area contributed by atoms with Gasteiger partial charge in [0.05, 0.1) is 17.9 Å². The molecule has 126 valence electrons. The van der Waals surface area contributed by atoms with Crippen LogP contribution in [0.5, 0.6) is 0 Å². The van der Waals surface area contributed by atoms with E-state index in [1.165, 1.54) is 4.68 Å². The number of rotatable bonds is 5. The second-order valence-corrected chi connectivity index (χ2v) is 7.68. The number of nitrogens with zero attached hydrogens (tertiary/aromatic N) is 2. The molecule has 7 heteroatoms. The Balaban J connectivity index is 2.87. The van der Waals surface area contributed by atoms with Crippen molar-refractivity contribution >= 4 is 15.8 Å². The summed E-state index contributed by atoms with van der Waals surface area (Å²) in [4.78, 5) is 12.9. The van der Waals surface area contributed by atoms with Crippen molar-refractivity contribution in [2.75, 3.05) is 12.0 Å². The van der Waals surface area contributed by atoms with Crippen LogP contribution in [0.2, 0.25) is 0 Å². The molecule has 23 heavy (non-hydrogen) atoms. The molecule has 0 saturated heterocycles. The number of aryl methyl sites for hydroxylation is 1. The minimum atomic E-state index is -3.70. The van der Waals surface area contributed by atoms with Crippen LogP contribution in [-0.2, 0) is 10.0 Å². The van der Waals surface area contributed by atoms with E-state index in [4.69, 9.17) is 5.73 Å². The predicted octanol–water partition coefficient (Wildman–Crippen LogP) is 2.38. The quantitative estimate of drug-likeness (QED) is 0.907. The van der Waals surface area contributed by atoms with E-state index >= 15 is 0 Å². The van der Waals surface area contributed by atoms with E-state index < -0.39 is 10.0 Å². The van der Waals surface area contributed by atoms with Crippen LogP contribution in [0.4, 0.5) is 5.82 Å². The van der Waals surface area contributed by atoms with Crippen LogP contribution in [0.1, 0.15) is 38.3 Å². The molecule has 0 aliphatic carbocycles. The molecule has 0 spiro atoms. The van der Waals surface area contributed by atoms with Crippen molar-refractivity contribution in [1.82, 2.24) is 8.77 Å². The Kier molecular flexibility index (Phi) is 4.70. The third-order valence-corrected chi connectivity index (χ3v) is 4.93. The molecule has 2 N–H and O–H groups in total. The van der Waals surface area contributed by atoms with Gasteiger partial charge in [-0.25, -0.2) is 13.1 Å². The fourth-order valence-electron chi connectivity index (χ4n) is 2.88. The Hall–Kier alpha value is -2.02. The minimum Gasteiger partial charge on any atom is -0.382 e. The first kappa shape index (κ1) is 17.3. The highest BCUT2D eigenvalue weighted by Crippen LogP contribution is 2.28. The van der Waals surface area contributed by atoms with Gasteiger partial charge in [-0.1, -0.05) is 37.6 Å². The summed E-state index contributed by atoms with van der Waals surface area (Å²) in [6, 6.07) is 7.05. The van der Waals surface area contributed by atoms with Gasteiger partial charge in [0.1, 0.15) is 5.82 Å². The van der Waals surface area contributed by atoms with Crippen LogP contribution < -0.4 is 11.3 Å². The Morgan fingerprint density at radius 1 is 1.26 bits per heavy atom. The van der Waals surface area contributed by atoms with Crippen LogP contribution >= 0.6 is 0 Å². The molecule has 0 saturated carbocycles. The van der Waals surface area contributed by atoms with Crippen LogP contribution in [0.15, 0.2) is 29.1 Å². The predicted molar refractivity (Wildman–Crippen MR) is 93.1 cm³/mol. The lowest BCUT2D eigenvalue weighted by atomic mass is 10.0. The highest BCUT2D eigenvalue weighted by Gasteiger charge is 2.27. The molecule has 0 aliphatic rings. The van der Waals surface area contributed by atoms with Crippen molar-refractivity contribution in [3.63, 3.8) is 0 Å². The van der Waals surface area contributed by atoms with Gasteiger partial charge in [-0.15, -0.1) is 0 Å². The van der Waals surface area contributed by atoms with Gasteiger partial charge in [0.25, 0.3) is 15.6 Å². The maximum absolute atomic E-state index is 12.9. The van der Waals surface area contributed by atoms with Gasteiger partial charge in [0.15, 0.2) is 0 Å². The van der Waals surface area contributed by atoms with Gasteiger partial charge in [-0.05, 0) is 31.4 Å². The molecule has 2 rings (SSSR count). The van der Waals surface area contributed by atoms with Gasteiger partial charge in [0.2, 0.25) is 0 Å². The maximum atomic E-state index is 12.9. The van der Waals surface area contributed by atoms with Gasteiger partial charge in [-0.2, -0.15) is 4.09 Å². The van der Waals surface area contributed by atoms with Crippen molar-refractivity contribution in [2.24, 2.45) is 0 Å². The van der Waals surface area contributed by atoms with E-state index in [1.54, 1.807) is 12.1 Å². The highest BCUT2D eigenvalue weighted by atomic mass is 32.2. The lowest BCUT2D eigenvalue weighted by Crippen LogP contribution is -2.30. The maximum Gasteiger partial charge on any atom is 0.277 e. The molecule has 1 heterocycles. The van der Waals surface area contributed by atoms with Crippen LogP contribution in [0.3, 0.4) is 0 Å². The molecule has 1 unspecified atom stereocenters. The fraction of sp³-hybridized carbons (Fsp3) is 0.438. The van der Waals surface area contributed by atoms with Gasteiger partial charge < -0.3 is 5.73 Å². The molecule has 1 aromatic heterocycles. The van der Waals surface area contributed by atoms with Crippen molar-refractivity contribution < 1.29 is 8.42 Å². The number of aromatic nitrogens is 2. The summed E-state index contributed by atoms with van der Waals surface area (Å²) in [5.41, 5.74) is 7.50. The zero-order valence-corrected chi connectivity index (χ0v) is 14.7.